The molecule has 2 amide bonds. The number of unbranched alkanes of at least 4 members (excludes halogenated alkanes) is 1. The molecule has 1 aromatic carbocycles. The monoisotopic (exact) mass is 304 g/mol. The lowest BCUT2D eigenvalue weighted by Gasteiger charge is -2.10. The zero-order valence-corrected chi connectivity index (χ0v) is 11.0. The number of alkyl halides is 3. The second-order valence-corrected chi connectivity index (χ2v) is 4.30. The Labute approximate surface area is 119 Å². The summed E-state index contributed by atoms with van der Waals surface area (Å²) in [7, 11) is 0. The van der Waals surface area contributed by atoms with E-state index in [-0.39, 0.29) is 30.6 Å². The van der Waals surface area contributed by atoms with Crippen LogP contribution >= 0.6 is 0 Å². The van der Waals surface area contributed by atoms with E-state index in [9.17, 15) is 22.8 Å². The Bertz CT molecular complexity index is 504. The molecule has 0 aliphatic rings. The summed E-state index contributed by atoms with van der Waals surface area (Å²) in [5.41, 5.74) is 0.0579. The van der Waals surface area contributed by atoms with E-state index in [0.29, 0.717) is 0 Å². The minimum absolute atomic E-state index is 0.0651. The number of carbonyl (C=O) groups is 2. The number of anilines is 1. The molecule has 21 heavy (non-hydrogen) atoms. The number of urea groups is 1. The van der Waals surface area contributed by atoms with Crippen molar-refractivity contribution in [3.63, 3.8) is 0 Å². The highest BCUT2D eigenvalue weighted by Gasteiger charge is 2.25. The molecule has 0 atom stereocenters. The van der Waals surface area contributed by atoms with E-state index >= 15 is 0 Å². The van der Waals surface area contributed by atoms with Gasteiger partial charge in [-0.25, -0.2) is 9.59 Å². The van der Waals surface area contributed by atoms with Crippen LogP contribution in [0, 0.1) is 0 Å². The smallest absolute Gasteiger partial charge is 0.389 e. The Hall–Kier alpha value is -2.25. The van der Waals surface area contributed by atoms with Gasteiger partial charge in [0, 0.05) is 13.0 Å². The molecule has 0 aliphatic carbocycles. The van der Waals surface area contributed by atoms with Crippen molar-refractivity contribution in [3.8, 4) is 0 Å². The summed E-state index contributed by atoms with van der Waals surface area (Å²) in [4.78, 5) is 22.4. The first-order chi connectivity index (χ1) is 9.79. The summed E-state index contributed by atoms with van der Waals surface area (Å²) in [6, 6.07) is 5.18. The number of carboxylic acids is 1. The van der Waals surface area contributed by atoms with Gasteiger partial charge in [0.15, 0.2) is 0 Å². The summed E-state index contributed by atoms with van der Waals surface area (Å²) in [5.74, 6) is -1.18. The van der Waals surface area contributed by atoms with E-state index in [0.717, 1.165) is 0 Å². The average Bonchev–Trinajstić information content (AvgIpc) is 2.37. The minimum atomic E-state index is -4.19. The molecule has 0 saturated carbocycles. The maximum absolute atomic E-state index is 11.9. The van der Waals surface area contributed by atoms with Gasteiger partial charge in [0.1, 0.15) is 0 Å². The standard InChI is InChI=1S/C13H15F3N2O3/c14-13(15,16)7-3-4-8-17-12(21)18-10-6-2-1-5-9(10)11(19)20/h1-2,5-6H,3-4,7-8H2,(H,19,20)(H2,17,18,21). The molecule has 116 valence electrons. The third-order valence-corrected chi connectivity index (χ3v) is 2.58. The molecule has 0 bridgehead atoms. The van der Waals surface area contributed by atoms with Crippen molar-refractivity contribution in [2.45, 2.75) is 25.4 Å². The van der Waals surface area contributed by atoms with Gasteiger partial charge in [-0.2, -0.15) is 13.2 Å². The van der Waals surface area contributed by atoms with Crippen LogP contribution in [0.3, 0.4) is 0 Å². The second kappa shape index (κ2) is 7.51. The molecule has 1 aromatic rings. The van der Waals surface area contributed by atoms with Crippen molar-refractivity contribution in [2.75, 3.05) is 11.9 Å². The molecule has 0 fully saturated rings. The van der Waals surface area contributed by atoms with Crippen molar-refractivity contribution < 1.29 is 27.9 Å². The van der Waals surface area contributed by atoms with Crippen LogP contribution in [0.2, 0.25) is 0 Å². The maximum atomic E-state index is 11.9. The van der Waals surface area contributed by atoms with Crippen molar-refractivity contribution in [3.05, 3.63) is 29.8 Å². The van der Waals surface area contributed by atoms with Gasteiger partial charge in [-0.15, -0.1) is 0 Å². The summed E-state index contributed by atoms with van der Waals surface area (Å²) in [5, 5.41) is 13.6. The van der Waals surface area contributed by atoms with E-state index in [4.69, 9.17) is 5.11 Å². The number of halogens is 3. The number of hydrogen-bond acceptors (Lipinski definition) is 2. The predicted molar refractivity (Wildman–Crippen MR) is 70.3 cm³/mol. The first kappa shape index (κ1) is 16.8. The number of rotatable bonds is 6. The van der Waals surface area contributed by atoms with E-state index < -0.39 is 24.6 Å². The number of para-hydroxylation sites is 1. The lowest BCUT2D eigenvalue weighted by atomic mass is 10.2. The quantitative estimate of drug-likeness (QED) is 0.706. The fraction of sp³-hybridized carbons (Fsp3) is 0.385. The second-order valence-electron chi connectivity index (χ2n) is 4.30. The fourth-order valence-electron chi connectivity index (χ4n) is 1.60. The van der Waals surface area contributed by atoms with Gasteiger partial charge >= 0.3 is 18.2 Å². The van der Waals surface area contributed by atoms with Gasteiger partial charge in [-0.05, 0) is 25.0 Å². The number of carbonyl (C=O) groups excluding carboxylic acids is 1. The third kappa shape index (κ3) is 6.64. The lowest BCUT2D eigenvalue weighted by molar-refractivity contribution is -0.135. The van der Waals surface area contributed by atoms with Crippen molar-refractivity contribution in [1.29, 1.82) is 0 Å². The Morgan fingerprint density at radius 3 is 2.43 bits per heavy atom. The molecule has 3 N–H and O–H groups in total. The third-order valence-electron chi connectivity index (χ3n) is 2.58. The predicted octanol–water partition coefficient (Wildman–Crippen LogP) is 3.24. The summed E-state index contributed by atoms with van der Waals surface area (Å²) in [6.07, 6.45) is -4.97. The number of amides is 2. The normalized spacial score (nSPS) is 11.0. The molecule has 8 heteroatoms. The van der Waals surface area contributed by atoms with E-state index in [1.807, 2.05) is 0 Å². The molecule has 0 unspecified atom stereocenters. The first-order valence-corrected chi connectivity index (χ1v) is 6.23. The Morgan fingerprint density at radius 2 is 1.81 bits per heavy atom. The minimum Gasteiger partial charge on any atom is -0.478 e. The Kier molecular flexibility index (Phi) is 6.01. The lowest BCUT2D eigenvalue weighted by Crippen LogP contribution is -2.30. The number of nitrogens with one attached hydrogen (secondary N) is 2. The summed E-state index contributed by atoms with van der Waals surface area (Å²) < 4.78 is 35.7. The topological polar surface area (TPSA) is 78.4 Å². The molecular weight excluding hydrogens is 289 g/mol. The van der Waals surface area contributed by atoms with Gasteiger partial charge in [0.05, 0.1) is 11.3 Å². The summed E-state index contributed by atoms with van der Waals surface area (Å²) >= 11 is 0. The molecule has 5 nitrogen and oxygen atoms in total. The highest BCUT2D eigenvalue weighted by Crippen LogP contribution is 2.21. The van der Waals surface area contributed by atoms with Gasteiger partial charge < -0.3 is 15.7 Å². The van der Waals surface area contributed by atoms with Gasteiger partial charge in [0.2, 0.25) is 0 Å². The van der Waals surface area contributed by atoms with Crippen LogP contribution in [0.15, 0.2) is 24.3 Å². The van der Waals surface area contributed by atoms with Crippen LogP contribution in [0.1, 0.15) is 29.6 Å². The van der Waals surface area contributed by atoms with Crippen LogP contribution in [-0.2, 0) is 0 Å². The number of benzene rings is 1. The summed E-state index contributed by atoms with van der Waals surface area (Å²) in [6.45, 7) is 0.0805. The van der Waals surface area contributed by atoms with E-state index in [1.54, 1.807) is 6.07 Å². The molecule has 0 radical (unpaired) electrons. The molecule has 1 rings (SSSR count). The molecular formula is C13H15F3N2O3. The van der Waals surface area contributed by atoms with Crippen LogP contribution in [0.5, 0.6) is 0 Å². The Morgan fingerprint density at radius 1 is 1.14 bits per heavy atom. The van der Waals surface area contributed by atoms with Crippen molar-refractivity contribution in [1.82, 2.24) is 5.32 Å². The molecule has 0 saturated heterocycles. The highest BCUT2D eigenvalue weighted by atomic mass is 19.4. The fourth-order valence-corrected chi connectivity index (χ4v) is 1.60. The zero-order valence-electron chi connectivity index (χ0n) is 11.0. The van der Waals surface area contributed by atoms with Crippen molar-refractivity contribution >= 4 is 17.7 Å². The first-order valence-electron chi connectivity index (χ1n) is 6.23. The highest BCUT2D eigenvalue weighted by molar-refractivity contribution is 5.99. The van der Waals surface area contributed by atoms with E-state index in [1.165, 1.54) is 18.2 Å². The van der Waals surface area contributed by atoms with Crippen LogP contribution in [-0.4, -0.2) is 29.8 Å². The van der Waals surface area contributed by atoms with Crippen LogP contribution < -0.4 is 10.6 Å². The molecule has 0 heterocycles. The van der Waals surface area contributed by atoms with Crippen LogP contribution in [0.25, 0.3) is 0 Å². The van der Waals surface area contributed by atoms with Crippen molar-refractivity contribution in [2.24, 2.45) is 0 Å². The largest absolute Gasteiger partial charge is 0.478 e. The van der Waals surface area contributed by atoms with Crippen LogP contribution in [0.4, 0.5) is 23.7 Å². The van der Waals surface area contributed by atoms with Gasteiger partial charge in [0.25, 0.3) is 0 Å². The van der Waals surface area contributed by atoms with Gasteiger partial charge in [-0.1, -0.05) is 12.1 Å². The number of hydrogen-bond donors (Lipinski definition) is 3. The van der Waals surface area contributed by atoms with E-state index in [2.05, 4.69) is 10.6 Å². The number of carboxylic acid groups (broad SMARTS) is 1. The zero-order chi connectivity index (χ0) is 15.9. The molecule has 0 aromatic heterocycles. The molecule has 0 aliphatic heterocycles. The SMILES string of the molecule is O=C(NCCCCC(F)(F)F)Nc1ccccc1C(=O)O. The maximum Gasteiger partial charge on any atom is 0.389 e. The van der Waals surface area contributed by atoms with Gasteiger partial charge in [-0.3, -0.25) is 0 Å². The average molecular weight is 304 g/mol. The molecule has 0 spiro atoms. The Balaban J connectivity index is 2.36. The number of aromatic carboxylic acids is 1.